The molecule has 2 aromatic rings. The van der Waals surface area contributed by atoms with Crippen molar-refractivity contribution >= 4 is 50.7 Å². The van der Waals surface area contributed by atoms with Gasteiger partial charge in [-0.05, 0) is 46.3 Å². The molecule has 2 rings (SSSR count). The van der Waals surface area contributed by atoms with Crippen LogP contribution in [0.3, 0.4) is 0 Å². The highest BCUT2D eigenvalue weighted by atomic mass is 79.9. The summed E-state index contributed by atoms with van der Waals surface area (Å²) in [6.45, 7) is 0. The second kappa shape index (κ2) is 5.57. The number of aromatic hydroxyl groups is 1. The zero-order valence-electron chi connectivity index (χ0n) is 8.75. The molecule has 18 heavy (non-hydrogen) atoms. The highest BCUT2D eigenvalue weighted by Gasteiger charge is 2.12. The van der Waals surface area contributed by atoms with Crippen LogP contribution in [0.15, 0.2) is 34.8 Å². The summed E-state index contributed by atoms with van der Waals surface area (Å²) in [6, 6.07) is 7.97. The van der Waals surface area contributed by atoms with Crippen LogP contribution < -0.4 is 4.74 Å². The van der Waals surface area contributed by atoms with E-state index in [0.717, 1.165) is 0 Å². The van der Waals surface area contributed by atoms with Crippen molar-refractivity contribution in [3.8, 4) is 17.2 Å². The molecule has 0 aliphatic rings. The Morgan fingerprint density at radius 2 is 1.61 bits per heavy atom. The lowest BCUT2D eigenvalue weighted by atomic mass is 10.3. The summed E-state index contributed by atoms with van der Waals surface area (Å²) < 4.78 is 5.87. The molecule has 0 saturated carbocycles. The maximum absolute atomic E-state index is 9.86. The molecule has 0 aliphatic carbocycles. The van der Waals surface area contributed by atoms with Crippen LogP contribution in [0.4, 0.5) is 0 Å². The average molecular weight is 368 g/mol. The molecular weight excluding hydrogens is 362 g/mol. The highest BCUT2D eigenvalue weighted by molar-refractivity contribution is 9.10. The third-order valence-electron chi connectivity index (χ3n) is 2.15. The van der Waals surface area contributed by atoms with Gasteiger partial charge in [0.2, 0.25) is 0 Å². The minimum absolute atomic E-state index is 0.0893. The van der Waals surface area contributed by atoms with Crippen LogP contribution in [0.1, 0.15) is 0 Å². The minimum atomic E-state index is -0.0893. The van der Waals surface area contributed by atoms with Gasteiger partial charge in [-0.15, -0.1) is 0 Å². The summed E-state index contributed by atoms with van der Waals surface area (Å²) in [5.74, 6) is 0.551. The topological polar surface area (TPSA) is 29.5 Å². The first-order valence-corrected chi connectivity index (χ1v) is 6.71. The van der Waals surface area contributed by atoms with Gasteiger partial charge >= 0.3 is 0 Å². The molecule has 6 heteroatoms. The second-order valence-electron chi connectivity index (χ2n) is 3.38. The third-order valence-corrected chi connectivity index (χ3v) is 4.02. The van der Waals surface area contributed by atoms with Gasteiger partial charge in [-0.3, -0.25) is 0 Å². The van der Waals surface area contributed by atoms with Gasteiger partial charge < -0.3 is 9.84 Å². The van der Waals surface area contributed by atoms with E-state index < -0.39 is 0 Å². The normalized spacial score (nSPS) is 10.4. The van der Waals surface area contributed by atoms with Crippen molar-refractivity contribution in [1.29, 1.82) is 0 Å². The minimum Gasteiger partial charge on any atom is -0.503 e. The molecule has 0 radical (unpaired) electrons. The molecule has 0 heterocycles. The fourth-order valence-electron chi connectivity index (χ4n) is 1.28. The van der Waals surface area contributed by atoms with Crippen LogP contribution >= 0.6 is 50.7 Å². The van der Waals surface area contributed by atoms with Crippen LogP contribution in [-0.2, 0) is 0 Å². The van der Waals surface area contributed by atoms with E-state index in [1.165, 1.54) is 0 Å². The van der Waals surface area contributed by atoms with E-state index in [0.29, 0.717) is 25.3 Å². The Morgan fingerprint density at radius 3 is 2.28 bits per heavy atom. The number of phenolic OH excluding ortho intramolecular Hbond substituents is 1. The van der Waals surface area contributed by atoms with Crippen LogP contribution in [0.5, 0.6) is 17.2 Å². The number of phenols is 1. The Hall–Kier alpha value is -0.610. The molecule has 0 saturated heterocycles. The van der Waals surface area contributed by atoms with E-state index in [2.05, 4.69) is 15.9 Å². The van der Waals surface area contributed by atoms with Gasteiger partial charge in [0.15, 0.2) is 11.5 Å². The van der Waals surface area contributed by atoms with Crippen LogP contribution in [0.2, 0.25) is 15.1 Å². The summed E-state index contributed by atoms with van der Waals surface area (Å²) >= 11 is 20.7. The maximum Gasteiger partial charge on any atom is 0.174 e. The van der Waals surface area contributed by atoms with Gasteiger partial charge in [0.1, 0.15) is 5.75 Å². The molecule has 0 bridgehead atoms. The lowest BCUT2D eigenvalue weighted by Crippen LogP contribution is -1.87. The Bertz CT molecular complexity index is 602. The summed E-state index contributed by atoms with van der Waals surface area (Å²) in [4.78, 5) is 0. The zero-order valence-corrected chi connectivity index (χ0v) is 12.6. The van der Waals surface area contributed by atoms with E-state index in [-0.39, 0.29) is 11.5 Å². The van der Waals surface area contributed by atoms with E-state index in [1.54, 1.807) is 30.3 Å². The summed E-state index contributed by atoms with van der Waals surface area (Å²) in [6.07, 6.45) is 0. The van der Waals surface area contributed by atoms with Gasteiger partial charge in [-0.25, -0.2) is 0 Å². The van der Waals surface area contributed by atoms with Crippen LogP contribution in [-0.4, -0.2) is 5.11 Å². The van der Waals surface area contributed by atoms with Crippen LogP contribution in [0, 0.1) is 0 Å². The number of hydrogen-bond acceptors (Lipinski definition) is 2. The molecule has 94 valence electrons. The Labute approximate surface area is 127 Å². The number of halogens is 4. The van der Waals surface area contributed by atoms with Crippen molar-refractivity contribution in [2.75, 3.05) is 0 Å². The summed E-state index contributed by atoms with van der Waals surface area (Å²) in [7, 11) is 0. The van der Waals surface area contributed by atoms with E-state index >= 15 is 0 Å². The van der Waals surface area contributed by atoms with Gasteiger partial charge in [0.25, 0.3) is 0 Å². The summed E-state index contributed by atoms with van der Waals surface area (Å²) in [5, 5.41) is 11.1. The molecule has 0 fully saturated rings. The largest absolute Gasteiger partial charge is 0.503 e. The molecule has 0 aliphatic heterocycles. The SMILES string of the molecule is Oc1c(Oc2ccc(Cl)cc2Cl)ccc(Cl)c1Br. The van der Waals surface area contributed by atoms with Crippen molar-refractivity contribution in [1.82, 2.24) is 0 Å². The molecule has 2 nitrogen and oxygen atoms in total. The van der Waals surface area contributed by atoms with E-state index in [1.807, 2.05) is 0 Å². The van der Waals surface area contributed by atoms with Crippen molar-refractivity contribution in [3.05, 3.63) is 49.9 Å². The lowest BCUT2D eigenvalue weighted by Gasteiger charge is -2.10. The molecule has 0 aromatic heterocycles. The molecule has 0 spiro atoms. The quantitative estimate of drug-likeness (QED) is 0.714. The monoisotopic (exact) mass is 366 g/mol. The van der Waals surface area contributed by atoms with Gasteiger partial charge in [0, 0.05) is 5.02 Å². The van der Waals surface area contributed by atoms with Crippen molar-refractivity contribution in [2.24, 2.45) is 0 Å². The maximum atomic E-state index is 9.86. The first-order chi connectivity index (χ1) is 8.49. The van der Waals surface area contributed by atoms with Gasteiger partial charge in [0.05, 0.1) is 14.5 Å². The predicted octanol–water partition coefficient (Wildman–Crippen LogP) is 5.91. The molecule has 0 amide bonds. The van der Waals surface area contributed by atoms with Gasteiger partial charge in [-0.2, -0.15) is 0 Å². The fourth-order valence-corrected chi connectivity index (χ4v) is 2.21. The number of benzene rings is 2. The third kappa shape index (κ3) is 2.86. The lowest BCUT2D eigenvalue weighted by molar-refractivity contribution is 0.409. The smallest absolute Gasteiger partial charge is 0.174 e. The predicted molar refractivity (Wildman–Crippen MR) is 77.4 cm³/mol. The second-order valence-corrected chi connectivity index (χ2v) is 5.43. The number of rotatable bonds is 2. The average Bonchev–Trinajstić information content (AvgIpc) is 2.33. The number of ether oxygens (including phenoxy) is 1. The highest BCUT2D eigenvalue weighted by Crippen LogP contribution is 2.42. The first-order valence-electron chi connectivity index (χ1n) is 4.79. The summed E-state index contributed by atoms with van der Waals surface area (Å²) in [5.41, 5.74) is 0. The Morgan fingerprint density at radius 1 is 0.944 bits per heavy atom. The molecule has 1 N–H and O–H groups in total. The van der Waals surface area contributed by atoms with Crippen molar-refractivity contribution in [2.45, 2.75) is 0 Å². The Balaban J connectivity index is 2.37. The first kappa shape index (κ1) is 13.8. The molecule has 0 unspecified atom stereocenters. The fraction of sp³-hybridized carbons (Fsp3) is 0. The van der Waals surface area contributed by atoms with Crippen LogP contribution in [0.25, 0.3) is 0 Å². The standard InChI is InChI=1S/C12H6BrCl3O2/c13-11-7(15)2-4-10(12(11)17)18-9-3-1-6(14)5-8(9)16/h1-5,17H. The molecule has 2 aromatic carbocycles. The van der Waals surface area contributed by atoms with Crippen molar-refractivity contribution < 1.29 is 9.84 Å². The molecular formula is C12H6BrCl3O2. The van der Waals surface area contributed by atoms with Crippen molar-refractivity contribution in [3.63, 3.8) is 0 Å². The number of hydrogen-bond donors (Lipinski definition) is 1. The Kier molecular flexibility index (Phi) is 4.28. The molecule has 0 atom stereocenters. The zero-order chi connectivity index (χ0) is 13.3. The van der Waals surface area contributed by atoms with E-state index in [4.69, 9.17) is 39.5 Å². The van der Waals surface area contributed by atoms with Gasteiger partial charge in [-0.1, -0.05) is 34.8 Å². The van der Waals surface area contributed by atoms with E-state index in [9.17, 15) is 5.11 Å².